The second-order valence-corrected chi connectivity index (χ2v) is 4.95. The summed E-state index contributed by atoms with van der Waals surface area (Å²) in [5.74, 6) is -5.92. The number of amides is 1. The maximum absolute atomic E-state index is 13.5. The Morgan fingerprint density at radius 2 is 1.72 bits per heavy atom. The molecular formula is C17H14F3NO4. The Balaban J connectivity index is 1.87. The van der Waals surface area contributed by atoms with Gasteiger partial charge in [0.2, 0.25) is 0 Å². The number of carbonyl (C=O) groups is 2. The first-order chi connectivity index (χ1) is 11.9. The molecule has 0 spiro atoms. The number of rotatable bonds is 6. The zero-order valence-electron chi connectivity index (χ0n) is 13.1. The number of halogens is 3. The first kappa shape index (κ1) is 18.3. The molecule has 0 bridgehead atoms. The summed E-state index contributed by atoms with van der Waals surface area (Å²) in [6, 6.07) is 10.00. The Bertz CT molecular complexity index is 768. The van der Waals surface area contributed by atoms with E-state index in [9.17, 15) is 22.8 Å². The maximum Gasteiger partial charge on any atom is 0.344 e. The van der Waals surface area contributed by atoms with Crippen LogP contribution >= 0.6 is 0 Å². The van der Waals surface area contributed by atoms with Gasteiger partial charge in [0.1, 0.15) is 5.75 Å². The van der Waals surface area contributed by atoms with E-state index in [-0.39, 0.29) is 0 Å². The van der Waals surface area contributed by atoms with Crippen LogP contribution < -0.4 is 10.1 Å². The standard InChI is InChI=1S/C17H14F3NO4/c1-10(25-14(22)9-24-11-5-3-2-4-6-11)17(23)21-13-8-7-12(18)15(19)16(13)20/h2-8,10H,9H2,1H3,(H,21,23)/t10-/m0/s1. The average molecular weight is 353 g/mol. The summed E-state index contributed by atoms with van der Waals surface area (Å²) in [6.45, 7) is 0.814. The third-order valence-electron chi connectivity index (χ3n) is 3.07. The van der Waals surface area contributed by atoms with E-state index in [0.717, 1.165) is 6.07 Å². The minimum Gasteiger partial charge on any atom is -0.482 e. The molecule has 0 saturated carbocycles. The number of nitrogens with one attached hydrogen (secondary N) is 1. The van der Waals surface area contributed by atoms with Crippen molar-refractivity contribution >= 4 is 17.6 Å². The van der Waals surface area contributed by atoms with Crippen molar-refractivity contribution in [1.29, 1.82) is 0 Å². The quantitative estimate of drug-likeness (QED) is 0.640. The molecular weight excluding hydrogens is 339 g/mol. The Hall–Kier alpha value is -3.03. The van der Waals surface area contributed by atoms with Gasteiger partial charge in [-0.1, -0.05) is 18.2 Å². The molecule has 2 rings (SSSR count). The van der Waals surface area contributed by atoms with E-state index in [1.165, 1.54) is 6.92 Å². The lowest BCUT2D eigenvalue weighted by atomic mass is 10.2. The average Bonchev–Trinajstić information content (AvgIpc) is 2.61. The van der Waals surface area contributed by atoms with Crippen LogP contribution in [0.25, 0.3) is 0 Å². The zero-order valence-corrected chi connectivity index (χ0v) is 13.1. The molecule has 2 aromatic carbocycles. The normalized spacial score (nSPS) is 11.5. The van der Waals surface area contributed by atoms with Crippen LogP contribution in [-0.2, 0) is 14.3 Å². The molecule has 25 heavy (non-hydrogen) atoms. The van der Waals surface area contributed by atoms with E-state index in [4.69, 9.17) is 9.47 Å². The van der Waals surface area contributed by atoms with E-state index in [0.29, 0.717) is 11.8 Å². The highest BCUT2D eigenvalue weighted by atomic mass is 19.2. The largest absolute Gasteiger partial charge is 0.482 e. The number of hydrogen-bond donors (Lipinski definition) is 1. The van der Waals surface area contributed by atoms with Gasteiger partial charge >= 0.3 is 5.97 Å². The van der Waals surface area contributed by atoms with Crippen molar-refractivity contribution in [3.8, 4) is 5.75 Å². The van der Waals surface area contributed by atoms with Gasteiger partial charge in [-0.25, -0.2) is 18.0 Å². The fourth-order valence-electron chi connectivity index (χ4n) is 1.80. The minimum absolute atomic E-state index is 0.429. The molecule has 0 aromatic heterocycles. The summed E-state index contributed by atoms with van der Waals surface area (Å²) >= 11 is 0. The van der Waals surface area contributed by atoms with Gasteiger partial charge < -0.3 is 14.8 Å². The molecule has 2 aromatic rings. The zero-order chi connectivity index (χ0) is 18.4. The van der Waals surface area contributed by atoms with Gasteiger partial charge in [0.15, 0.2) is 30.2 Å². The molecule has 0 aliphatic heterocycles. The summed E-state index contributed by atoms with van der Waals surface area (Å²) in [4.78, 5) is 23.5. The molecule has 0 saturated heterocycles. The Morgan fingerprint density at radius 1 is 1.04 bits per heavy atom. The maximum atomic E-state index is 13.5. The Kier molecular flexibility index (Phi) is 5.99. The fraction of sp³-hybridized carbons (Fsp3) is 0.176. The highest BCUT2D eigenvalue weighted by molar-refractivity contribution is 5.95. The van der Waals surface area contributed by atoms with Crippen LogP contribution in [0.4, 0.5) is 18.9 Å². The van der Waals surface area contributed by atoms with Crippen LogP contribution in [-0.4, -0.2) is 24.6 Å². The van der Waals surface area contributed by atoms with Crippen molar-refractivity contribution in [2.45, 2.75) is 13.0 Å². The summed E-state index contributed by atoms with van der Waals surface area (Å²) in [5, 5.41) is 2.02. The predicted molar refractivity (Wildman–Crippen MR) is 82.4 cm³/mol. The number of para-hydroxylation sites is 1. The predicted octanol–water partition coefficient (Wildman–Crippen LogP) is 3.05. The van der Waals surface area contributed by atoms with Crippen molar-refractivity contribution in [1.82, 2.24) is 0 Å². The van der Waals surface area contributed by atoms with Gasteiger partial charge in [0, 0.05) is 0 Å². The fourth-order valence-corrected chi connectivity index (χ4v) is 1.80. The highest BCUT2D eigenvalue weighted by Gasteiger charge is 2.21. The van der Waals surface area contributed by atoms with Gasteiger partial charge in [-0.3, -0.25) is 4.79 Å². The molecule has 0 aliphatic rings. The molecule has 0 radical (unpaired) electrons. The molecule has 1 N–H and O–H groups in total. The molecule has 132 valence electrons. The molecule has 0 unspecified atom stereocenters. The van der Waals surface area contributed by atoms with E-state index >= 15 is 0 Å². The van der Waals surface area contributed by atoms with Crippen LogP contribution in [0.3, 0.4) is 0 Å². The third-order valence-corrected chi connectivity index (χ3v) is 3.07. The van der Waals surface area contributed by atoms with Gasteiger partial charge in [0.05, 0.1) is 5.69 Å². The summed E-state index contributed by atoms with van der Waals surface area (Å²) in [5.41, 5.74) is -0.563. The number of anilines is 1. The second kappa shape index (κ2) is 8.18. The SMILES string of the molecule is C[C@H](OC(=O)COc1ccccc1)C(=O)Nc1ccc(F)c(F)c1F. The van der Waals surface area contributed by atoms with Crippen molar-refractivity contribution in [2.75, 3.05) is 11.9 Å². The Morgan fingerprint density at radius 3 is 2.40 bits per heavy atom. The molecule has 5 nitrogen and oxygen atoms in total. The lowest BCUT2D eigenvalue weighted by molar-refractivity contribution is -0.155. The van der Waals surface area contributed by atoms with Crippen molar-refractivity contribution in [2.24, 2.45) is 0 Å². The van der Waals surface area contributed by atoms with Gasteiger partial charge in [-0.05, 0) is 31.2 Å². The topological polar surface area (TPSA) is 64.6 Å². The molecule has 1 atom stereocenters. The van der Waals surface area contributed by atoms with Crippen LogP contribution in [0.2, 0.25) is 0 Å². The molecule has 1 amide bonds. The first-order valence-corrected chi connectivity index (χ1v) is 7.20. The number of hydrogen-bond acceptors (Lipinski definition) is 4. The minimum atomic E-state index is -1.71. The third kappa shape index (κ3) is 4.97. The van der Waals surface area contributed by atoms with Crippen LogP contribution in [0.15, 0.2) is 42.5 Å². The summed E-state index contributed by atoms with van der Waals surface area (Å²) in [7, 11) is 0. The molecule has 0 aliphatic carbocycles. The van der Waals surface area contributed by atoms with Crippen molar-refractivity contribution in [3.63, 3.8) is 0 Å². The molecule has 0 heterocycles. The summed E-state index contributed by atoms with van der Waals surface area (Å²) < 4.78 is 49.4. The second-order valence-electron chi connectivity index (χ2n) is 4.95. The van der Waals surface area contributed by atoms with Gasteiger partial charge in [-0.15, -0.1) is 0 Å². The van der Waals surface area contributed by atoms with Crippen LogP contribution in [0.1, 0.15) is 6.92 Å². The number of benzene rings is 2. The highest BCUT2D eigenvalue weighted by Crippen LogP contribution is 2.20. The number of carbonyl (C=O) groups excluding carboxylic acids is 2. The van der Waals surface area contributed by atoms with E-state index in [1.54, 1.807) is 30.3 Å². The number of esters is 1. The Labute approximate surface area is 141 Å². The van der Waals surface area contributed by atoms with Crippen LogP contribution in [0, 0.1) is 17.5 Å². The lowest BCUT2D eigenvalue weighted by Crippen LogP contribution is -2.32. The van der Waals surface area contributed by atoms with Gasteiger partial charge in [-0.2, -0.15) is 0 Å². The van der Waals surface area contributed by atoms with Crippen molar-refractivity contribution in [3.05, 3.63) is 59.9 Å². The van der Waals surface area contributed by atoms with Crippen molar-refractivity contribution < 1.29 is 32.2 Å². The van der Waals surface area contributed by atoms with Crippen LogP contribution in [0.5, 0.6) is 5.75 Å². The smallest absolute Gasteiger partial charge is 0.344 e. The van der Waals surface area contributed by atoms with Gasteiger partial charge in [0.25, 0.3) is 5.91 Å². The van der Waals surface area contributed by atoms with E-state index in [1.807, 2.05) is 5.32 Å². The van der Waals surface area contributed by atoms with E-state index in [2.05, 4.69) is 0 Å². The van der Waals surface area contributed by atoms with E-state index < -0.39 is 47.7 Å². The molecule has 8 heteroatoms. The molecule has 0 fully saturated rings. The monoisotopic (exact) mass is 353 g/mol. The lowest BCUT2D eigenvalue weighted by Gasteiger charge is -2.14. The first-order valence-electron chi connectivity index (χ1n) is 7.20. The summed E-state index contributed by atoms with van der Waals surface area (Å²) in [6.07, 6.45) is -1.29. The number of ether oxygens (including phenoxy) is 2.